The molecule has 1 aliphatic heterocycles. The lowest BCUT2D eigenvalue weighted by Crippen LogP contribution is -2.29. The van der Waals surface area contributed by atoms with Crippen molar-refractivity contribution in [2.24, 2.45) is 0 Å². The van der Waals surface area contributed by atoms with Crippen LogP contribution in [0.4, 0.5) is 5.69 Å². The van der Waals surface area contributed by atoms with E-state index in [1.165, 1.54) is 0 Å². The van der Waals surface area contributed by atoms with Crippen LogP contribution >= 0.6 is 0 Å². The summed E-state index contributed by atoms with van der Waals surface area (Å²) in [6, 6.07) is 11.1. The SMILES string of the molecule is COc1ccc2c(c1)CCN2C(=O)c1c(OC)cccc1OC. The van der Waals surface area contributed by atoms with Crippen molar-refractivity contribution >= 4 is 11.6 Å². The minimum Gasteiger partial charge on any atom is -0.497 e. The first-order valence-corrected chi connectivity index (χ1v) is 7.39. The molecule has 0 N–H and O–H groups in total. The summed E-state index contributed by atoms with van der Waals surface area (Å²) in [6.45, 7) is 0.628. The second-order valence-electron chi connectivity index (χ2n) is 5.24. The van der Waals surface area contributed by atoms with Crippen molar-refractivity contribution in [1.29, 1.82) is 0 Å². The second-order valence-corrected chi connectivity index (χ2v) is 5.24. The highest BCUT2D eigenvalue weighted by Gasteiger charge is 2.29. The standard InChI is InChI=1S/C18H19NO4/c1-21-13-7-8-14-12(11-13)9-10-19(14)18(20)17-15(22-2)5-4-6-16(17)23-3/h4-8,11H,9-10H2,1-3H3. The van der Waals surface area contributed by atoms with Gasteiger partial charge in [0.1, 0.15) is 22.8 Å². The summed E-state index contributed by atoms with van der Waals surface area (Å²) in [7, 11) is 4.74. The molecule has 23 heavy (non-hydrogen) atoms. The van der Waals surface area contributed by atoms with Crippen molar-refractivity contribution in [3.05, 3.63) is 47.5 Å². The Morgan fingerprint density at radius 2 is 1.70 bits per heavy atom. The Kier molecular flexibility index (Phi) is 4.10. The van der Waals surface area contributed by atoms with Gasteiger partial charge in [0.15, 0.2) is 0 Å². The fourth-order valence-electron chi connectivity index (χ4n) is 2.91. The van der Waals surface area contributed by atoms with Crippen LogP contribution in [0.25, 0.3) is 0 Å². The number of hydrogen-bond donors (Lipinski definition) is 0. The number of nitrogens with zero attached hydrogens (tertiary/aromatic N) is 1. The normalized spacial score (nSPS) is 12.7. The summed E-state index contributed by atoms with van der Waals surface area (Å²) in [6.07, 6.45) is 0.801. The van der Waals surface area contributed by atoms with E-state index < -0.39 is 0 Å². The molecule has 0 fully saturated rings. The number of fused-ring (bicyclic) bond motifs is 1. The van der Waals surface area contributed by atoms with E-state index in [0.717, 1.165) is 23.4 Å². The van der Waals surface area contributed by atoms with E-state index >= 15 is 0 Å². The summed E-state index contributed by atoms with van der Waals surface area (Å²) in [5.41, 5.74) is 2.46. The predicted molar refractivity (Wildman–Crippen MR) is 87.9 cm³/mol. The van der Waals surface area contributed by atoms with Crippen LogP contribution < -0.4 is 19.1 Å². The highest BCUT2D eigenvalue weighted by atomic mass is 16.5. The van der Waals surface area contributed by atoms with Crippen LogP contribution in [0.2, 0.25) is 0 Å². The lowest BCUT2D eigenvalue weighted by Gasteiger charge is -2.20. The zero-order chi connectivity index (χ0) is 16.4. The van der Waals surface area contributed by atoms with Crippen LogP contribution in [0.15, 0.2) is 36.4 Å². The van der Waals surface area contributed by atoms with Gasteiger partial charge in [-0.1, -0.05) is 6.07 Å². The Bertz CT molecular complexity index is 720. The first-order valence-electron chi connectivity index (χ1n) is 7.39. The van der Waals surface area contributed by atoms with Gasteiger partial charge in [0.2, 0.25) is 0 Å². The smallest absolute Gasteiger partial charge is 0.265 e. The van der Waals surface area contributed by atoms with E-state index in [-0.39, 0.29) is 5.91 Å². The van der Waals surface area contributed by atoms with Crippen LogP contribution in [0.1, 0.15) is 15.9 Å². The first-order chi connectivity index (χ1) is 11.2. The average molecular weight is 313 g/mol. The summed E-state index contributed by atoms with van der Waals surface area (Å²) in [5.74, 6) is 1.70. The van der Waals surface area contributed by atoms with Crippen LogP contribution in [0.5, 0.6) is 17.2 Å². The zero-order valence-corrected chi connectivity index (χ0v) is 13.5. The monoisotopic (exact) mass is 313 g/mol. The number of hydrogen-bond acceptors (Lipinski definition) is 4. The number of methoxy groups -OCH3 is 3. The maximum absolute atomic E-state index is 13.1. The van der Waals surface area contributed by atoms with Crippen molar-refractivity contribution in [2.45, 2.75) is 6.42 Å². The van der Waals surface area contributed by atoms with Crippen LogP contribution in [0, 0.1) is 0 Å². The minimum atomic E-state index is -0.122. The lowest BCUT2D eigenvalue weighted by molar-refractivity contribution is 0.0983. The van der Waals surface area contributed by atoms with Crippen molar-refractivity contribution in [3.8, 4) is 17.2 Å². The van der Waals surface area contributed by atoms with E-state index in [1.54, 1.807) is 44.4 Å². The van der Waals surface area contributed by atoms with Gasteiger partial charge in [0.25, 0.3) is 5.91 Å². The average Bonchev–Trinajstić information content (AvgIpc) is 3.03. The molecule has 2 aromatic rings. The third kappa shape index (κ3) is 2.59. The fourth-order valence-corrected chi connectivity index (χ4v) is 2.91. The van der Waals surface area contributed by atoms with Gasteiger partial charge in [-0.25, -0.2) is 0 Å². The molecule has 0 spiro atoms. The van der Waals surface area contributed by atoms with Crippen LogP contribution in [-0.2, 0) is 6.42 Å². The maximum Gasteiger partial charge on any atom is 0.265 e. The number of carbonyl (C=O) groups is 1. The van der Waals surface area contributed by atoms with Gasteiger partial charge in [-0.2, -0.15) is 0 Å². The molecule has 0 unspecified atom stereocenters. The number of ether oxygens (including phenoxy) is 3. The summed E-state index contributed by atoms with van der Waals surface area (Å²) in [5, 5.41) is 0. The van der Waals surface area contributed by atoms with E-state index in [4.69, 9.17) is 14.2 Å². The lowest BCUT2D eigenvalue weighted by atomic mass is 10.1. The fraction of sp³-hybridized carbons (Fsp3) is 0.278. The molecule has 2 aromatic carbocycles. The Morgan fingerprint density at radius 3 is 2.30 bits per heavy atom. The van der Waals surface area contributed by atoms with Crippen LogP contribution in [-0.4, -0.2) is 33.8 Å². The molecule has 1 amide bonds. The number of rotatable bonds is 4. The Balaban J connectivity index is 2.01. The number of amides is 1. The quantitative estimate of drug-likeness (QED) is 0.871. The summed E-state index contributed by atoms with van der Waals surface area (Å²) >= 11 is 0. The Labute approximate surface area is 135 Å². The molecule has 0 aliphatic carbocycles. The molecule has 0 radical (unpaired) electrons. The maximum atomic E-state index is 13.1. The first kappa shape index (κ1) is 15.2. The predicted octanol–water partition coefficient (Wildman–Crippen LogP) is 2.92. The highest BCUT2D eigenvalue weighted by molar-refractivity contribution is 6.10. The van der Waals surface area contributed by atoms with Gasteiger partial charge in [-0.3, -0.25) is 4.79 Å². The van der Waals surface area contributed by atoms with E-state index in [0.29, 0.717) is 23.6 Å². The highest BCUT2D eigenvalue weighted by Crippen LogP contribution is 2.36. The van der Waals surface area contributed by atoms with E-state index in [9.17, 15) is 4.79 Å². The van der Waals surface area contributed by atoms with Crippen LogP contribution in [0.3, 0.4) is 0 Å². The van der Waals surface area contributed by atoms with Gasteiger partial charge in [0, 0.05) is 12.2 Å². The minimum absolute atomic E-state index is 0.122. The largest absolute Gasteiger partial charge is 0.497 e. The van der Waals surface area contributed by atoms with Crippen molar-refractivity contribution in [3.63, 3.8) is 0 Å². The number of benzene rings is 2. The Morgan fingerprint density at radius 1 is 1.00 bits per heavy atom. The molecular formula is C18H19NO4. The van der Waals surface area contributed by atoms with Gasteiger partial charge in [0.05, 0.1) is 21.3 Å². The molecule has 120 valence electrons. The molecule has 5 nitrogen and oxygen atoms in total. The van der Waals surface area contributed by atoms with E-state index in [1.807, 2.05) is 18.2 Å². The molecule has 0 atom stereocenters. The molecule has 0 aromatic heterocycles. The van der Waals surface area contributed by atoms with Gasteiger partial charge in [-0.15, -0.1) is 0 Å². The molecule has 3 rings (SSSR count). The van der Waals surface area contributed by atoms with Gasteiger partial charge in [-0.05, 0) is 42.3 Å². The Hall–Kier alpha value is -2.69. The van der Waals surface area contributed by atoms with Crippen molar-refractivity contribution in [1.82, 2.24) is 0 Å². The molecule has 0 saturated carbocycles. The molecule has 1 aliphatic rings. The third-order valence-corrected chi connectivity index (χ3v) is 4.07. The van der Waals surface area contributed by atoms with Crippen molar-refractivity contribution < 1.29 is 19.0 Å². The summed E-state index contributed by atoms with van der Waals surface area (Å²) < 4.78 is 15.9. The molecule has 1 heterocycles. The summed E-state index contributed by atoms with van der Waals surface area (Å²) in [4.78, 5) is 14.8. The van der Waals surface area contributed by atoms with Gasteiger partial charge < -0.3 is 19.1 Å². The molecular weight excluding hydrogens is 294 g/mol. The topological polar surface area (TPSA) is 48.0 Å². The molecule has 0 bridgehead atoms. The van der Waals surface area contributed by atoms with Gasteiger partial charge >= 0.3 is 0 Å². The van der Waals surface area contributed by atoms with Crippen molar-refractivity contribution in [2.75, 3.05) is 32.8 Å². The number of anilines is 1. The number of carbonyl (C=O) groups excluding carboxylic acids is 1. The van der Waals surface area contributed by atoms with E-state index in [2.05, 4.69) is 0 Å². The molecule has 5 heteroatoms. The second kappa shape index (κ2) is 6.20. The zero-order valence-electron chi connectivity index (χ0n) is 13.5. The third-order valence-electron chi connectivity index (χ3n) is 4.07. The molecule has 0 saturated heterocycles.